The van der Waals surface area contributed by atoms with Crippen molar-refractivity contribution in [1.29, 1.82) is 0 Å². The highest BCUT2D eigenvalue weighted by Crippen LogP contribution is 2.53. The molecule has 5 heteroatoms. The first-order chi connectivity index (χ1) is 38.8. The molecule has 79 heavy (non-hydrogen) atoms. The molecule has 0 aliphatic carbocycles. The third-order valence-electron chi connectivity index (χ3n) is 16.9. The summed E-state index contributed by atoms with van der Waals surface area (Å²) in [6.07, 6.45) is 3.15. The van der Waals surface area contributed by atoms with E-state index in [1.165, 1.54) is 137 Å². The second kappa shape index (κ2) is 18.6. The van der Waals surface area contributed by atoms with Crippen molar-refractivity contribution in [2.24, 2.45) is 0 Å². The molecule has 378 valence electrons. The summed E-state index contributed by atoms with van der Waals surface area (Å²) in [7, 11) is 0. The lowest BCUT2D eigenvalue weighted by Crippen LogP contribution is -2.61. The highest BCUT2D eigenvalue weighted by atomic mass is 32.1. The Balaban J connectivity index is 1.11. The van der Waals surface area contributed by atoms with E-state index in [-0.39, 0.29) is 12.1 Å². The number of thiophene rings is 1. The fourth-order valence-electron chi connectivity index (χ4n) is 13.2. The normalized spacial score (nSPS) is 12.9. The minimum absolute atomic E-state index is 0.110. The van der Waals surface area contributed by atoms with Crippen molar-refractivity contribution >= 4 is 111 Å². The van der Waals surface area contributed by atoms with Crippen LogP contribution in [0.25, 0.3) is 81.0 Å². The number of aromatic nitrogens is 1. The van der Waals surface area contributed by atoms with E-state index in [4.69, 9.17) is 0 Å². The lowest BCUT2D eigenvalue weighted by Gasteiger charge is -2.46. The van der Waals surface area contributed by atoms with Crippen LogP contribution in [0.15, 0.2) is 243 Å². The Morgan fingerprint density at radius 1 is 0.430 bits per heavy atom. The number of hydrogen-bond donors (Lipinski definition) is 0. The molecule has 15 rings (SSSR count). The maximum atomic E-state index is 2.72. The Labute approximate surface area is 467 Å². The van der Waals surface area contributed by atoms with E-state index in [0.29, 0.717) is 0 Å². The summed E-state index contributed by atoms with van der Waals surface area (Å²) >= 11 is 1.92. The summed E-state index contributed by atoms with van der Waals surface area (Å²) in [4.78, 5) is 5.39. The Bertz CT molecular complexity index is 4420. The molecule has 0 N–H and O–H groups in total. The first-order valence-electron chi connectivity index (χ1n) is 28.1. The predicted octanol–water partition coefficient (Wildman–Crippen LogP) is 18.9. The number of hydrogen-bond acceptors (Lipinski definition) is 3. The quantitative estimate of drug-likeness (QED) is 0.134. The van der Waals surface area contributed by atoms with Gasteiger partial charge in [0.25, 0.3) is 6.71 Å². The molecule has 13 aromatic rings. The van der Waals surface area contributed by atoms with Gasteiger partial charge in [-0.05, 0) is 129 Å². The Morgan fingerprint density at radius 3 is 1.66 bits per heavy atom. The lowest BCUT2D eigenvalue weighted by atomic mass is 9.33. The number of rotatable bonds is 9. The van der Waals surface area contributed by atoms with Crippen LogP contribution in [0.1, 0.15) is 51.7 Å². The molecule has 0 saturated carbocycles. The van der Waals surface area contributed by atoms with Crippen molar-refractivity contribution in [1.82, 2.24) is 4.57 Å². The fourth-order valence-corrected chi connectivity index (χ4v) is 14.4. The van der Waals surface area contributed by atoms with Gasteiger partial charge in [0.05, 0.1) is 16.7 Å². The monoisotopic (exact) mass is 1030 g/mol. The number of nitrogens with zero attached hydrogens (tertiary/aromatic N) is 3. The molecule has 2 aliphatic rings. The Kier molecular flexibility index (Phi) is 11.2. The van der Waals surface area contributed by atoms with Crippen molar-refractivity contribution in [3.05, 3.63) is 254 Å². The third-order valence-corrected chi connectivity index (χ3v) is 18.1. The van der Waals surface area contributed by atoms with Crippen LogP contribution in [-0.2, 0) is 11.8 Å². The molecule has 0 amide bonds. The SMILES string of the molecule is CCCCc1c(N2c3cc(-n4c5ccccc5c5ccccc54)ccc3B3c4cc(-c5ccccc5)ccc4N(c4c(-c5ccccc5)cccc4-c4ccccc4)c4cc(C(C)(C)C)cc2c43)ccc2sc3ccccc3c12. The summed E-state index contributed by atoms with van der Waals surface area (Å²) in [5.41, 5.74) is 24.4. The largest absolute Gasteiger partial charge is 0.311 e. The summed E-state index contributed by atoms with van der Waals surface area (Å²) < 4.78 is 5.18. The van der Waals surface area contributed by atoms with Gasteiger partial charge in [-0.25, -0.2) is 0 Å². The van der Waals surface area contributed by atoms with Gasteiger partial charge in [0.1, 0.15) is 0 Å². The van der Waals surface area contributed by atoms with Gasteiger partial charge in [-0.2, -0.15) is 0 Å². The number of aryl methyl sites for hydroxylation is 1. The van der Waals surface area contributed by atoms with Crippen LogP contribution in [0.5, 0.6) is 0 Å². The molecule has 2 aliphatic heterocycles. The van der Waals surface area contributed by atoms with E-state index in [1.54, 1.807) is 0 Å². The van der Waals surface area contributed by atoms with Gasteiger partial charge in [0.15, 0.2) is 0 Å². The fraction of sp³-hybridized carbons (Fsp3) is 0.108. The average Bonchev–Trinajstić information content (AvgIpc) is 2.91. The minimum atomic E-state index is -0.208. The highest BCUT2D eigenvalue weighted by molar-refractivity contribution is 7.25. The predicted molar refractivity (Wildman–Crippen MR) is 341 cm³/mol. The minimum Gasteiger partial charge on any atom is -0.311 e. The van der Waals surface area contributed by atoms with E-state index >= 15 is 0 Å². The van der Waals surface area contributed by atoms with Crippen molar-refractivity contribution < 1.29 is 0 Å². The molecule has 0 atom stereocenters. The second-order valence-corrected chi connectivity index (χ2v) is 23.7. The van der Waals surface area contributed by atoms with Gasteiger partial charge in [-0.15, -0.1) is 11.3 Å². The number of para-hydroxylation sites is 3. The van der Waals surface area contributed by atoms with Crippen LogP contribution in [0.4, 0.5) is 34.1 Å². The van der Waals surface area contributed by atoms with Crippen molar-refractivity contribution in [2.45, 2.75) is 52.4 Å². The first kappa shape index (κ1) is 47.3. The van der Waals surface area contributed by atoms with E-state index in [9.17, 15) is 0 Å². The molecule has 0 spiro atoms. The van der Waals surface area contributed by atoms with Gasteiger partial charge in [-0.3, -0.25) is 0 Å². The Morgan fingerprint density at radius 2 is 1.01 bits per heavy atom. The summed E-state index contributed by atoms with van der Waals surface area (Å²) in [5, 5.41) is 5.25. The van der Waals surface area contributed by atoms with Crippen LogP contribution in [0, 0.1) is 0 Å². The van der Waals surface area contributed by atoms with Gasteiger partial charge in [0, 0.05) is 76.2 Å². The zero-order valence-electron chi connectivity index (χ0n) is 45.0. The molecular weight excluding hydrogens is 974 g/mol. The second-order valence-electron chi connectivity index (χ2n) is 22.6. The summed E-state index contributed by atoms with van der Waals surface area (Å²) in [6.45, 7) is 9.38. The summed E-state index contributed by atoms with van der Waals surface area (Å²) in [5.74, 6) is 0. The zero-order valence-corrected chi connectivity index (χ0v) is 45.9. The average molecular weight is 1030 g/mol. The number of benzene rings is 11. The van der Waals surface area contributed by atoms with Crippen LogP contribution in [0.2, 0.25) is 0 Å². The summed E-state index contributed by atoms with van der Waals surface area (Å²) in [6, 6.07) is 91.6. The maximum absolute atomic E-state index is 2.72. The van der Waals surface area contributed by atoms with E-state index in [2.05, 4.69) is 285 Å². The molecule has 0 radical (unpaired) electrons. The molecule has 2 aromatic heterocycles. The lowest BCUT2D eigenvalue weighted by molar-refractivity contribution is 0.590. The van der Waals surface area contributed by atoms with Crippen LogP contribution < -0.4 is 26.2 Å². The van der Waals surface area contributed by atoms with Gasteiger partial charge in [0.2, 0.25) is 0 Å². The van der Waals surface area contributed by atoms with E-state index in [0.717, 1.165) is 24.9 Å². The molecule has 0 unspecified atom stereocenters. The van der Waals surface area contributed by atoms with Crippen LogP contribution in [0.3, 0.4) is 0 Å². The van der Waals surface area contributed by atoms with E-state index < -0.39 is 0 Å². The standard InChI is InChI=1S/C74H58BN3S/c1-5-6-29-58-64(42-43-70-71(58)59-32-18-21-37-69(59)79-70)77-66-47-53(76-62-35-19-16-30-56(62)57-31-17-20-36-63(57)76)39-40-60(66)75-61-44-51(48-23-10-7-11-24-48)38-41-65(61)78(68-46-52(74(2,3)4)45-67(77)72(68)75)73-54(49-25-12-8-13-26-49)33-22-34-55(73)50-27-14-9-15-28-50/h7-28,30-47H,5-6,29H2,1-4H3. The molecule has 3 nitrogen and oxygen atoms in total. The van der Waals surface area contributed by atoms with Gasteiger partial charge >= 0.3 is 0 Å². The molecule has 0 bridgehead atoms. The Hall–Kier alpha value is -8.90. The van der Waals surface area contributed by atoms with Gasteiger partial charge in [-0.1, -0.05) is 216 Å². The molecular formula is C74H58BN3S. The number of unbranched alkanes of at least 4 members (excludes halogenated alkanes) is 1. The molecule has 4 heterocycles. The smallest absolute Gasteiger partial charge is 0.252 e. The number of fused-ring (bicyclic) bond motifs is 10. The van der Waals surface area contributed by atoms with Gasteiger partial charge < -0.3 is 14.4 Å². The molecule has 0 saturated heterocycles. The molecule has 11 aromatic carbocycles. The van der Waals surface area contributed by atoms with Crippen LogP contribution in [-0.4, -0.2) is 11.3 Å². The topological polar surface area (TPSA) is 11.4 Å². The maximum Gasteiger partial charge on any atom is 0.252 e. The van der Waals surface area contributed by atoms with Crippen LogP contribution >= 0.6 is 11.3 Å². The van der Waals surface area contributed by atoms with Crippen molar-refractivity contribution in [3.8, 4) is 39.1 Å². The number of anilines is 6. The van der Waals surface area contributed by atoms with Crippen molar-refractivity contribution in [2.75, 3.05) is 9.80 Å². The zero-order chi connectivity index (χ0) is 52.9. The van der Waals surface area contributed by atoms with Crippen molar-refractivity contribution in [3.63, 3.8) is 0 Å². The van der Waals surface area contributed by atoms with E-state index in [1.807, 2.05) is 11.3 Å². The highest BCUT2D eigenvalue weighted by Gasteiger charge is 2.46. The third kappa shape index (κ3) is 7.54. The molecule has 0 fully saturated rings. The first-order valence-corrected chi connectivity index (χ1v) is 28.9.